The first-order chi connectivity index (χ1) is 15.2. The summed E-state index contributed by atoms with van der Waals surface area (Å²) in [4.78, 5) is 34.7. The Hall–Kier alpha value is -3.47. The zero-order valence-corrected chi connectivity index (χ0v) is 17.4. The fourth-order valence-electron chi connectivity index (χ4n) is 4.89. The summed E-state index contributed by atoms with van der Waals surface area (Å²) in [6.07, 6.45) is 3.44. The molecule has 1 aromatic heterocycles. The Morgan fingerprint density at radius 3 is 2.55 bits per heavy atom. The second kappa shape index (κ2) is 7.99. The Morgan fingerprint density at radius 1 is 0.968 bits per heavy atom. The van der Waals surface area contributed by atoms with Crippen molar-refractivity contribution in [2.45, 2.75) is 24.7 Å². The molecule has 5 heteroatoms. The number of para-hydroxylation sites is 1. The number of fused-ring (bicyclic) bond motifs is 2. The van der Waals surface area contributed by atoms with Gasteiger partial charge >= 0.3 is 0 Å². The predicted molar refractivity (Wildman–Crippen MR) is 120 cm³/mol. The van der Waals surface area contributed by atoms with Crippen molar-refractivity contribution in [3.05, 3.63) is 95.8 Å². The molecule has 0 radical (unpaired) electrons. The molecular weight excluding hydrogens is 386 g/mol. The molecule has 1 saturated heterocycles. The quantitative estimate of drug-likeness (QED) is 0.647. The monoisotopic (exact) mass is 411 g/mol. The minimum absolute atomic E-state index is 0.0311. The number of carbonyl (C=O) groups is 2. The van der Waals surface area contributed by atoms with Crippen molar-refractivity contribution in [1.29, 1.82) is 0 Å². The second-order valence-electron chi connectivity index (χ2n) is 8.35. The van der Waals surface area contributed by atoms with E-state index in [0.29, 0.717) is 26.1 Å². The summed E-state index contributed by atoms with van der Waals surface area (Å²) >= 11 is 0. The fraction of sp³-hybridized carbons (Fsp3) is 0.269. The van der Waals surface area contributed by atoms with E-state index in [1.807, 2.05) is 64.4 Å². The van der Waals surface area contributed by atoms with Gasteiger partial charge in [0.15, 0.2) is 0 Å². The van der Waals surface area contributed by atoms with E-state index in [9.17, 15) is 9.59 Å². The molecule has 1 atom stereocenters. The summed E-state index contributed by atoms with van der Waals surface area (Å²) in [6.45, 7) is 1.68. The van der Waals surface area contributed by atoms with E-state index >= 15 is 0 Å². The van der Waals surface area contributed by atoms with Crippen LogP contribution in [-0.4, -0.2) is 41.3 Å². The van der Waals surface area contributed by atoms with Crippen LogP contribution in [0.2, 0.25) is 0 Å². The molecule has 5 nitrogen and oxygen atoms in total. The zero-order chi connectivity index (χ0) is 21.3. The molecule has 2 aromatic carbocycles. The zero-order valence-electron chi connectivity index (χ0n) is 17.4. The van der Waals surface area contributed by atoms with E-state index < -0.39 is 5.41 Å². The Balaban J connectivity index is 1.36. The Kier molecular flexibility index (Phi) is 5.02. The van der Waals surface area contributed by atoms with Gasteiger partial charge in [-0.05, 0) is 42.2 Å². The molecule has 0 aliphatic carbocycles. The maximum absolute atomic E-state index is 13.7. The maximum Gasteiger partial charge on any atom is 0.239 e. The van der Waals surface area contributed by atoms with Crippen molar-refractivity contribution in [1.82, 2.24) is 9.88 Å². The molecule has 2 aliphatic heterocycles. The molecule has 31 heavy (non-hydrogen) atoms. The first-order valence-electron chi connectivity index (χ1n) is 10.8. The highest BCUT2D eigenvalue weighted by molar-refractivity contribution is 6.09. The van der Waals surface area contributed by atoms with Crippen LogP contribution in [0.15, 0.2) is 79.0 Å². The van der Waals surface area contributed by atoms with Gasteiger partial charge < -0.3 is 9.80 Å². The number of amides is 2. The standard InChI is InChI=1S/C26H25N3O2/c30-24(18-21-10-6-7-15-27-21)28-17-14-26(19-28)22-11-4-5-12-23(22)29(25(26)31)16-13-20-8-2-1-3-9-20/h1-12,15H,13-14,16-19H2. The van der Waals surface area contributed by atoms with Crippen molar-refractivity contribution in [2.24, 2.45) is 0 Å². The highest BCUT2D eigenvalue weighted by Crippen LogP contribution is 2.47. The third-order valence-corrected chi connectivity index (χ3v) is 6.51. The third-order valence-electron chi connectivity index (χ3n) is 6.51. The van der Waals surface area contributed by atoms with Gasteiger partial charge in [0.1, 0.15) is 0 Å². The van der Waals surface area contributed by atoms with Crippen LogP contribution in [-0.2, 0) is 27.8 Å². The normalized spacial score (nSPS) is 19.8. The van der Waals surface area contributed by atoms with Crippen molar-refractivity contribution in [3.8, 4) is 0 Å². The number of benzene rings is 2. The van der Waals surface area contributed by atoms with Crippen molar-refractivity contribution < 1.29 is 9.59 Å². The Bertz CT molecular complexity index is 1100. The number of aromatic nitrogens is 1. The molecule has 1 fully saturated rings. The lowest BCUT2D eigenvalue weighted by atomic mass is 9.81. The average molecular weight is 412 g/mol. The summed E-state index contributed by atoms with van der Waals surface area (Å²) in [6, 6.07) is 23.9. The van der Waals surface area contributed by atoms with Crippen molar-refractivity contribution >= 4 is 17.5 Å². The van der Waals surface area contributed by atoms with Gasteiger partial charge in [-0.1, -0.05) is 54.6 Å². The van der Waals surface area contributed by atoms with Gasteiger partial charge in [0, 0.05) is 37.2 Å². The molecule has 1 unspecified atom stereocenters. The second-order valence-corrected chi connectivity index (χ2v) is 8.35. The van der Waals surface area contributed by atoms with E-state index in [-0.39, 0.29) is 18.2 Å². The van der Waals surface area contributed by atoms with Gasteiger partial charge in [0.2, 0.25) is 11.8 Å². The highest BCUT2D eigenvalue weighted by Gasteiger charge is 2.54. The summed E-state index contributed by atoms with van der Waals surface area (Å²) in [5.41, 5.74) is 3.39. The van der Waals surface area contributed by atoms with Gasteiger partial charge in [-0.3, -0.25) is 14.6 Å². The van der Waals surface area contributed by atoms with Crippen LogP contribution in [0.4, 0.5) is 5.69 Å². The summed E-state index contributed by atoms with van der Waals surface area (Å²) in [5.74, 6) is 0.154. The average Bonchev–Trinajstić information content (AvgIpc) is 3.36. The smallest absolute Gasteiger partial charge is 0.239 e. The lowest BCUT2D eigenvalue weighted by Gasteiger charge is -2.24. The van der Waals surface area contributed by atoms with Crippen LogP contribution >= 0.6 is 0 Å². The SMILES string of the molecule is O=C(Cc1ccccn1)N1CCC2(C1)C(=O)N(CCc1ccccc1)c1ccccc12. The molecule has 5 rings (SSSR count). The lowest BCUT2D eigenvalue weighted by molar-refractivity contribution is -0.130. The molecule has 2 amide bonds. The minimum atomic E-state index is -0.632. The Labute approximate surface area is 182 Å². The molecule has 3 heterocycles. The number of carbonyl (C=O) groups excluding carboxylic acids is 2. The van der Waals surface area contributed by atoms with Crippen LogP contribution in [0.25, 0.3) is 0 Å². The number of anilines is 1. The van der Waals surface area contributed by atoms with Gasteiger partial charge in [0.25, 0.3) is 0 Å². The first kappa shape index (κ1) is 19.5. The summed E-state index contributed by atoms with van der Waals surface area (Å²) < 4.78 is 0. The number of pyridine rings is 1. The van der Waals surface area contributed by atoms with Crippen LogP contribution < -0.4 is 4.90 Å². The molecular formula is C26H25N3O2. The minimum Gasteiger partial charge on any atom is -0.341 e. The van der Waals surface area contributed by atoms with Crippen LogP contribution in [0.1, 0.15) is 23.2 Å². The number of rotatable bonds is 5. The third kappa shape index (κ3) is 3.50. The molecule has 1 spiro atoms. The molecule has 0 N–H and O–H groups in total. The predicted octanol–water partition coefficient (Wildman–Crippen LogP) is 3.38. The van der Waals surface area contributed by atoms with E-state index in [4.69, 9.17) is 0 Å². The molecule has 0 bridgehead atoms. The van der Waals surface area contributed by atoms with Crippen molar-refractivity contribution in [3.63, 3.8) is 0 Å². The molecule has 2 aliphatic rings. The number of likely N-dealkylation sites (tertiary alicyclic amines) is 1. The summed E-state index contributed by atoms with van der Waals surface area (Å²) in [7, 11) is 0. The largest absolute Gasteiger partial charge is 0.341 e. The van der Waals surface area contributed by atoms with Gasteiger partial charge in [0.05, 0.1) is 11.8 Å². The van der Waals surface area contributed by atoms with E-state index in [1.165, 1.54) is 5.56 Å². The molecule has 156 valence electrons. The van der Waals surface area contributed by atoms with Crippen LogP contribution in [0, 0.1) is 0 Å². The number of hydrogen-bond donors (Lipinski definition) is 0. The number of nitrogens with zero attached hydrogens (tertiary/aromatic N) is 3. The van der Waals surface area contributed by atoms with E-state index in [1.54, 1.807) is 6.20 Å². The Morgan fingerprint density at radius 2 is 1.74 bits per heavy atom. The molecule has 0 saturated carbocycles. The van der Waals surface area contributed by atoms with E-state index in [2.05, 4.69) is 23.2 Å². The highest BCUT2D eigenvalue weighted by atomic mass is 16.2. The van der Waals surface area contributed by atoms with Crippen LogP contribution in [0.3, 0.4) is 0 Å². The van der Waals surface area contributed by atoms with Crippen LogP contribution in [0.5, 0.6) is 0 Å². The molecule has 3 aromatic rings. The summed E-state index contributed by atoms with van der Waals surface area (Å²) in [5, 5.41) is 0. The van der Waals surface area contributed by atoms with Gasteiger partial charge in [-0.2, -0.15) is 0 Å². The van der Waals surface area contributed by atoms with E-state index in [0.717, 1.165) is 23.4 Å². The lowest BCUT2D eigenvalue weighted by Crippen LogP contribution is -2.44. The fourth-order valence-corrected chi connectivity index (χ4v) is 4.89. The van der Waals surface area contributed by atoms with Gasteiger partial charge in [-0.25, -0.2) is 0 Å². The first-order valence-corrected chi connectivity index (χ1v) is 10.8. The van der Waals surface area contributed by atoms with Gasteiger partial charge in [-0.15, -0.1) is 0 Å². The maximum atomic E-state index is 13.7. The topological polar surface area (TPSA) is 53.5 Å². The number of hydrogen-bond acceptors (Lipinski definition) is 3. The van der Waals surface area contributed by atoms with Crippen molar-refractivity contribution in [2.75, 3.05) is 24.5 Å².